The molecule has 1 aliphatic heterocycles. The number of amides is 3. The Kier molecular flexibility index (Phi) is 5.36. The highest BCUT2D eigenvalue weighted by Gasteiger charge is 2.23. The van der Waals surface area contributed by atoms with Crippen LogP contribution in [0.2, 0.25) is 0 Å². The molecule has 0 spiro atoms. The number of benzene rings is 1. The molecule has 0 saturated carbocycles. The summed E-state index contributed by atoms with van der Waals surface area (Å²) in [5.74, 6) is 0.138. The van der Waals surface area contributed by atoms with Crippen LogP contribution in [0.4, 0.5) is 4.79 Å². The Morgan fingerprint density at radius 1 is 1.35 bits per heavy atom. The number of nitrogens with two attached hydrogens (primary N) is 1. The Morgan fingerprint density at radius 2 is 2.19 bits per heavy atom. The lowest BCUT2D eigenvalue weighted by Crippen LogP contribution is -2.43. The standard InChI is InChI=1S/C19H22N4O3/c1-26-17-11-13(5-8-21-17)6-9-22-19(25)23-10-7-15-14(12-23)3-2-4-16(15)18(20)24/h2-5,8,11H,6-7,9-10,12H2,1H3,(H2,20,24)(H,22,25). The number of methoxy groups -OCH3 is 1. The van der Waals surface area contributed by atoms with Gasteiger partial charge in [0.25, 0.3) is 0 Å². The van der Waals surface area contributed by atoms with Crippen molar-refractivity contribution in [1.82, 2.24) is 15.2 Å². The van der Waals surface area contributed by atoms with Crippen LogP contribution in [0.5, 0.6) is 5.88 Å². The number of primary amides is 1. The van der Waals surface area contributed by atoms with Gasteiger partial charge in [-0.2, -0.15) is 0 Å². The molecule has 7 heteroatoms. The molecule has 0 unspecified atom stereocenters. The topological polar surface area (TPSA) is 97.5 Å². The Hall–Kier alpha value is -3.09. The summed E-state index contributed by atoms with van der Waals surface area (Å²) in [6.45, 7) is 1.56. The van der Waals surface area contributed by atoms with E-state index in [4.69, 9.17) is 10.5 Å². The van der Waals surface area contributed by atoms with Crippen LogP contribution in [0.3, 0.4) is 0 Å². The molecule has 0 aliphatic carbocycles. The molecule has 0 radical (unpaired) electrons. The number of carbonyl (C=O) groups excluding carboxylic acids is 2. The van der Waals surface area contributed by atoms with Crippen LogP contribution in [-0.4, -0.2) is 42.0 Å². The second kappa shape index (κ2) is 7.86. The van der Waals surface area contributed by atoms with E-state index in [-0.39, 0.29) is 6.03 Å². The van der Waals surface area contributed by atoms with E-state index in [1.54, 1.807) is 30.3 Å². The molecule has 1 aromatic carbocycles. The van der Waals surface area contributed by atoms with Crippen molar-refractivity contribution in [3.63, 3.8) is 0 Å². The molecule has 26 heavy (non-hydrogen) atoms. The van der Waals surface area contributed by atoms with Crippen molar-refractivity contribution in [2.24, 2.45) is 5.73 Å². The second-order valence-electron chi connectivity index (χ2n) is 6.17. The van der Waals surface area contributed by atoms with Gasteiger partial charge in [-0.05, 0) is 41.7 Å². The summed E-state index contributed by atoms with van der Waals surface area (Å²) in [6, 6.07) is 9.12. The van der Waals surface area contributed by atoms with Gasteiger partial charge in [-0.3, -0.25) is 4.79 Å². The summed E-state index contributed by atoms with van der Waals surface area (Å²) < 4.78 is 5.10. The predicted molar refractivity (Wildman–Crippen MR) is 97.0 cm³/mol. The SMILES string of the molecule is COc1cc(CCNC(=O)N2CCc3c(cccc3C(N)=O)C2)ccn1. The van der Waals surface area contributed by atoms with Crippen molar-refractivity contribution in [1.29, 1.82) is 0 Å². The summed E-state index contributed by atoms with van der Waals surface area (Å²) in [6.07, 6.45) is 3.01. The van der Waals surface area contributed by atoms with Gasteiger partial charge in [-0.15, -0.1) is 0 Å². The van der Waals surface area contributed by atoms with E-state index >= 15 is 0 Å². The Labute approximate surface area is 152 Å². The van der Waals surface area contributed by atoms with Crippen molar-refractivity contribution < 1.29 is 14.3 Å². The minimum atomic E-state index is -0.424. The minimum absolute atomic E-state index is 0.110. The van der Waals surface area contributed by atoms with Gasteiger partial charge in [0.2, 0.25) is 11.8 Å². The third kappa shape index (κ3) is 3.93. The number of nitrogens with one attached hydrogen (secondary N) is 1. The minimum Gasteiger partial charge on any atom is -0.481 e. The molecular weight excluding hydrogens is 332 g/mol. The van der Waals surface area contributed by atoms with E-state index in [1.807, 2.05) is 18.2 Å². The molecule has 0 atom stereocenters. The summed E-state index contributed by atoms with van der Waals surface area (Å²) in [7, 11) is 1.58. The third-order valence-electron chi connectivity index (χ3n) is 4.52. The van der Waals surface area contributed by atoms with Gasteiger partial charge in [-0.25, -0.2) is 9.78 Å². The number of hydrogen-bond acceptors (Lipinski definition) is 4. The fourth-order valence-corrected chi connectivity index (χ4v) is 3.16. The first-order valence-electron chi connectivity index (χ1n) is 8.50. The van der Waals surface area contributed by atoms with Crippen LogP contribution in [-0.2, 0) is 19.4 Å². The zero-order chi connectivity index (χ0) is 18.5. The molecule has 7 nitrogen and oxygen atoms in total. The number of carbonyl (C=O) groups is 2. The van der Waals surface area contributed by atoms with E-state index < -0.39 is 5.91 Å². The van der Waals surface area contributed by atoms with E-state index in [9.17, 15) is 9.59 Å². The van der Waals surface area contributed by atoms with Crippen molar-refractivity contribution in [2.75, 3.05) is 20.2 Å². The smallest absolute Gasteiger partial charge is 0.317 e. The van der Waals surface area contributed by atoms with Gasteiger partial charge in [0.1, 0.15) is 0 Å². The quantitative estimate of drug-likeness (QED) is 0.850. The molecule has 3 rings (SSSR count). The maximum atomic E-state index is 12.4. The van der Waals surface area contributed by atoms with Crippen molar-refractivity contribution in [3.8, 4) is 5.88 Å². The number of fused-ring (bicyclic) bond motifs is 1. The fraction of sp³-hybridized carbons (Fsp3) is 0.316. The molecule has 2 heterocycles. The Morgan fingerprint density at radius 3 is 2.96 bits per heavy atom. The van der Waals surface area contributed by atoms with Gasteiger partial charge in [-0.1, -0.05) is 12.1 Å². The van der Waals surface area contributed by atoms with E-state index in [1.165, 1.54) is 0 Å². The van der Waals surface area contributed by atoms with E-state index in [0.29, 0.717) is 43.9 Å². The van der Waals surface area contributed by atoms with Gasteiger partial charge in [0.15, 0.2) is 0 Å². The molecule has 2 aromatic rings. The third-order valence-corrected chi connectivity index (χ3v) is 4.52. The van der Waals surface area contributed by atoms with E-state index in [0.717, 1.165) is 16.7 Å². The molecule has 1 aliphatic rings. The fourth-order valence-electron chi connectivity index (χ4n) is 3.16. The predicted octanol–water partition coefficient (Wildman–Crippen LogP) is 1.50. The molecule has 3 N–H and O–H groups in total. The van der Waals surface area contributed by atoms with Crippen LogP contribution in [0.1, 0.15) is 27.0 Å². The largest absolute Gasteiger partial charge is 0.481 e. The van der Waals surface area contributed by atoms with Crippen molar-refractivity contribution in [3.05, 3.63) is 58.8 Å². The zero-order valence-corrected chi connectivity index (χ0v) is 14.7. The number of rotatable bonds is 5. The van der Waals surface area contributed by atoms with Crippen molar-refractivity contribution >= 4 is 11.9 Å². The van der Waals surface area contributed by atoms with Gasteiger partial charge in [0, 0.05) is 37.5 Å². The number of ether oxygens (including phenoxy) is 1. The van der Waals surface area contributed by atoms with Gasteiger partial charge in [0.05, 0.1) is 7.11 Å². The monoisotopic (exact) mass is 354 g/mol. The number of aromatic nitrogens is 1. The summed E-state index contributed by atoms with van der Waals surface area (Å²) in [5, 5.41) is 2.94. The Bertz CT molecular complexity index is 822. The number of hydrogen-bond donors (Lipinski definition) is 2. The highest BCUT2D eigenvalue weighted by molar-refractivity contribution is 5.94. The lowest BCUT2D eigenvalue weighted by atomic mass is 9.94. The number of pyridine rings is 1. The molecule has 0 fully saturated rings. The molecule has 0 bridgehead atoms. The van der Waals surface area contributed by atoms with Crippen LogP contribution < -0.4 is 15.8 Å². The first-order valence-corrected chi connectivity index (χ1v) is 8.50. The normalized spacial score (nSPS) is 13.0. The highest BCUT2D eigenvalue weighted by Crippen LogP contribution is 2.22. The molecule has 136 valence electrons. The Balaban J connectivity index is 1.56. The molecular formula is C19H22N4O3. The lowest BCUT2D eigenvalue weighted by Gasteiger charge is -2.30. The summed E-state index contributed by atoms with van der Waals surface area (Å²) in [4.78, 5) is 29.8. The highest BCUT2D eigenvalue weighted by atomic mass is 16.5. The van der Waals surface area contributed by atoms with Crippen LogP contribution >= 0.6 is 0 Å². The molecule has 1 aromatic heterocycles. The van der Waals surface area contributed by atoms with Crippen molar-refractivity contribution in [2.45, 2.75) is 19.4 Å². The average Bonchev–Trinajstić information content (AvgIpc) is 2.67. The molecule has 3 amide bonds. The summed E-state index contributed by atoms with van der Waals surface area (Å²) >= 11 is 0. The second-order valence-corrected chi connectivity index (χ2v) is 6.17. The maximum Gasteiger partial charge on any atom is 0.317 e. The number of nitrogens with zero attached hydrogens (tertiary/aromatic N) is 2. The maximum absolute atomic E-state index is 12.4. The first-order chi connectivity index (χ1) is 12.6. The van der Waals surface area contributed by atoms with Gasteiger partial charge >= 0.3 is 6.03 Å². The van der Waals surface area contributed by atoms with Gasteiger partial charge < -0.3 is 20.7 Å². The first kappa shape index (κ1) is 17.7. The average molecular weight is 354 g/mol. The van der Waals surface area contributed by atoms with Crippen LogP contribution in [0, 0.1) is 0 Å². The zero-order valence-electron chi connectivity index (χ0n) is 14.7. The van der Waals surface area contributed by atoms with Crippen LogP contribution in [0.25, 0.3) is 0 Å². The molecule has 0 saturated heterocycles. The number of urea groups is 1. The van der Waals surface area contributed by atoms with E-state index in [2.05, 4.69) is 10.3 Å². The lowest BCUT2D eigenvalue weighted by molar-refractivity contribution is 0.0999. The summed E-state index contributed by atoms with van der Waals surface area (Å²) in [5.41, 5.74) is 8.95. The van der Waals surface area contributed by atoms with Crippen LogP contribution in [0.15, 0.2) is 36.5 Å².